The number of Topliss-reactive ketones (excluding diaryl/α,β-unsaturated/α-hetero) is 1. The number of anilines is 1. The van der Waals surface area contributed by atoms with Gasteiger partial charge in [-0.25, -0.2) is 4.79 Å². The Kier molecular flexibility index (Phi) is 14.4. The molecule has 63 heavy (non-hydrogen) atoms. The number of hydrogen-bond acceptors (Lipinski definition) is 12. The van der Waals surface area contributed by atoms with Gasteiger partial charge in [0.25, 0.3) is 0 Å². The number of ether oxygens (including phenoxy) is 2. The molecule has 7 N–H and O–H groups in total. The number of aliphatic hydroxyl groups excluding tert-OH is 3. The summed E-state index contributed by atoms with van der Waals surface area (Å²) in [5, 5.41) is 64.7. The lowest BCUT2D eigenvalue weighted by Gasteiger charge is -2.45. The van der Waals surface area contributed by atoms with E-state index in [9.17, 15) is 35.1 Å². The van der Waals surface area contributed by atoms with Gasteiger partial charge in [0.1, 0.15) is 29.0 Å². The predicted molar refractivity (Wildman–Crippen MR) is 238 cm³/mol. The highest BCUT2D eigenvalue weighted by atomic mass is 16.6. The van der Waals surface area contributed by atoms with Crippen molar-refractivity contribution in [1.29, 1.82) is 0 Å². The minimum Gasteiger partial charge on any atom is -0.507 e. The van der Waals surface area contributed by atoms with Gasteiger partial charge in [0.05, 0.1) is 30.7 Å². The first-order valence-corrected chi connectivity index (χ1v) is 22.6. The Labute approximate surface area is 370 Å². The normalized spacial score (nSPS) is 27.9. The molecule has 0 aromatic heterocycles. The van der Waals surface area contributed by atoms with Crippen LogP contribution >= 0.6 is 0 Å². The van der Waals surface area contributed by atoms with Crippen molar-refractivity contribution in [3.8, 4) is 23.3 Å². The lowest BCUT2D eigenvalue weighted by atomic mass is 9.66. The van der Waals surface area contributed by atoms with E-state index in [0.717, 1.165) is 11.1 Å². The van der Waals surface area contributed by atoms with Crippen LogP contribution in [0.5, 0.6) is 11.5 Å². The fraction of sp³-hybridized carbons (Fsp3) is 0.510. The zero-order valence-electron chi connectivity index (χ0n) is 36.8. The molecule has 4 aliphatic rings. The lowest BCUT2D eigenvalue weighted by Crippen LogP contribution is -2.54. The van der Waals surface area contributed by atoms with Crippen LogP contribution in [-0.4, -0.2) is 87.3 Å². The molecular weight excluding hydrogens is 801 g/mol. The summed E-state index contributed by atoms with van der Waals surface area (Å²) in [7, 11) is 1.73. The zero-order chi connectivity index (χ0) is 45.0. The number of esters is 2. The van der Waals surface area contributed by atoms with Crippen LogP contribution < -0.4 is 15.4 Å². The van der Waals surface area contributed by atoms with Gasteiger partial charge in [-0.05, 0) is 111 Å². The highest BCUT2D eigenvalue weighted by molar-refractivity contribution is 5.89. The van der Waals surface area contributed by atoms with E-state index < -0.39 is 59.7 Å². The number of phenolic OH excluding ortho intramolecular Hbond substituents is 1. The molecule has 12 nitrogen and oxygen atoms in total. The van der Waals surface area contributed by atoms with Crippen molar-refractivity contribution in [1.82, 2.24) is 5.32 Å². The third-order valence-electron chi connectivity index (χ3n) is 13.3. The van der Waals surface area contributed by atoms with Crippen molar-refractivity contribution in [3.05, 3.63) is 99.1 Å². The predicted octanol–water partition coefficient (Wildman–Crippen LogP) is 5.64. The summed E-state index contributed by atoms with van der Waals surface area (Å²) in [6, 6.07) is 15.0. The van der Waals surface area contributed by atoms with E-state index in [1.807, 2.05) is 50.2 Å². The Morgan fingerprint density at radius 1 is 0.937 bits per heavy atom. The summed E-state index contributed by atoms with van der Waals surface area (Å²) >= 11 is 0. The second-order valence-corrected chi connectivity index (χ2v) is 18.1. The second-order valence-electron chi connectivity index (χ2n) is 18.1. The molecule has 1 saturated carbocycles. The topological polar surface area (TPSA) is 195 Å². The number of carbonyl (C=O) groups excluding carboxylic acids is 3. The van der Waals surface area contributed by atoms with Crippen molar-refractivity contribution in [2.45, 2.75) is 133 Å². The molecule has 0 unspecified atom stereocenters. The molecule has 7 rings (SSSR count). The number of nitrogens with one attached hydrogen (secondary N) is 2. The molecule has 0 saturated heterocycles. The number of rotatable bonds is 10. The van der Waals surface area contributed by atoms with Crippen molar-refractivity contribution in [3.63, 3.8) is 0 Å². The first-order valence-electron chi connectivity index (χ1n) is 22.6. The fourth-order valence-electron chi connectivity index (χ4n) is 10.1. The van der Waals surface area contributed by atoms with Gasteiger partial charge >= 0.3 is 11.9 Å². The number of benzene rings is 3. The van der Waals surface area contributed by atoms with E-state index in [1.54, 1.807) is 26.1 Å². The fourth-order valence-corrected chi connectivity index (χ4v) is 10.1. The maximum Gasteiger partial charge on any atom is 0.334 e. The molecule has 3 aliphatic heterocycles. The Morgan fingerprint density at radius 2 is 1.70 bits per heavy atom. The van der Waals surface area contributed by atoms with Crippen LogP contribution in [-0.2, 0) is 44.8 Å². The minimum atomic E-state index is -1.63. The highest BCUT2D eigenvalue weighted by Crippen LogP contribution is 2.47. The molecule has 3 aromatic carbocycles. The number of ketones is 1. The molecule has 12 heteroatoms. The number of phenols is 1. The molecule has 3 heterocycles. The van der Waals surface area contributed by atoms with Crippen molar-refractivity contribution in [2.75, 3.05) is 25.5 Å². The van der Waals surface area contributed by atoms with Crippen LogP contribution in [0.15, 0.2) is 60.2 Å². The minimum absolute atomic E-state index is 0.0592. The average molecular weight is 863 g/mol. The summed E-state index contributed by atoms with van der Waals surface area (Å²) < 4.78 is 12.4. The number of aromatic hydroxyl groups is 1. The van der Waals surface area contributed by atoms with Gasteiger partial charge in [-0.15, -0.1) is 0 Å². The van der Waals surface area contributed by atoms with Gasteiger partial charge in [-0.3, -0.25) is 9.59 Å². The third kappa shape index (κ3) is 10.3. The van der Waals surface area contributed by atoms with Crippen LogP contribution in [0.1, 0.15) is 123 Å². The van der Waals surface area contributed by atoms with Crippen LogP contribution in [0.2, 0.25) is 0 Å². The van der Waals surface area contributed by atoms with Crippen LogP contribution in [0, 0.1) is 23.7 Å². The molecule has 3 aromatic rings. The van der Waals surface area contributed by atoms with Crippen molar-refractivity contribution >= 4 is 23.4 Å². The second kappa shape index (κ2) is 19.8. The SMILES string of the molecule is CCC[C@]1(O)[C@@H]2CCC(=O)[C@H](Cc3cccc(c3)C[C@H](O)/C=C3/C[C@@H](c4cc(NC[C@H](C)O)cc([C@@H](O)CNC)c4)C#C[C@@H]4CC(=O)Oc5c4cc(c(O)c5CC)C[C@H]1OC3=O)C2. The molecule has 1 fully saturated rings. The number of hydrogen-bond donors (Lipinski definition) is 7. The maximum absolute atomic E-state index is 15.1. The van der Waals surface area contributed by atoms with Gasteiger partial charge in [-0.2, -0.15) is 0 Å². The summed E-state index contributed by atoms with van der Waals surface area (Å²) in [4.78, 5) is 41.9. The average Bonchev–Trinajstić information content (AvgIpc) is 3.25. The number of fused-ring (bicyclic) bond motifs is 8. The lowest BCUT2D eigenvalue weighted by molar-refractivity contribution is -0.176. The molecule has 0 radical (unpaired) electrons. The Balaban J connectivity index is 1.47. The summed E-state index contributed by atoms with van der Waals surface area (Å²) in [5.74, 6) is 3.50. The molecule has 1 aliphatic carbocycles. The van der Waals surface area contributed by atoms with E-state index in [-0.39, 0.29) is 80.4 Å². The molecular formula is C51H62N2O10. The largest absolute Gasteiger partial charge is 0.507 e. The monoisotopic (exact) mass is 862 g/mol. The van der Waals surface area contributed by atoms with Crippen molar-refractivity contribution < 1.29 is 49.4 Å². The van der Waals surface area contributed by atoms with Gasteiger partial charge in [-0.1, -0.05) is 62.4 Å². The quantitative estimate of drug-likeness (QED) is 0.0755. The molecule has 0 amide bonds. The Hall–Kier alpha value is -5.03. The van der Waals surface area contributed by atoms with E-state index in [4.69, 9.17) is 9.47 Å². The van der Waals surface area contributed by atoms with Crippen LogP contribution in [0.4, 0.5) is 5.69 Å². The number of likely N-dealkylation sites (N-methyl/N-ethyl adjacent to an activating group) is 1. The standard InChI is InChI=1S/C51H62N2O10/c1-5-14-51(61)39-12-13-44(56)35(20-39)16-30-8-7-9-31(15-30)17-41(55)23-38-18-32(34-19-36(45(57)28-52-4)22-40(21-34)53-27-29(3)54)10-11-33-26-47(58)63-49-42(6-2)48(59)37(24-43(33)49)25-46(51)62-50(38)60/h7-9,15,19,21-24,29,32-33,35,39,41,45-46,52-55,57,59,61H,5-6,12-14,16-18,20,25-28H2,1-4H3/b38-23-/t29-,32-,33+,35+,39+,41-,45-,46+,51-/m0/s1. The van der Waals surface area contributed by atoms with Gasteiger partial charge in [0.15, 0.2) is 0 Å². The smallest absolute Gasteiger partial charge is 0.334 e. The Bertz CT molecular complexity index is 2290. The van der Waals surface area contributed by atoms with Crippen LogP contribution in [0.3, 0.4) is 0 Å². The summed E-state index contributed by atoms with van der Waals surface area (Å²) in [6.45, 7) is 5.92. The molecule has 9 atom stereocenters. The van der Waals surface area contributed by atoms with E-state index in [2.05, 4.69) is 22.5 Å². The molecule has 336 valence electrons. The van der Waals surface area contributed by atoms with E-state index >= 15 is 4.79 Å². The number of carbonyl (C=O) groups is 3. The zero-order valence-corrected chi connectivity index (χ0v) is 36.8. The first-order chi connectivity index (χ1) is 30.2. The third-order valence-corrected chi connectivity index (χ3v) is 13.3. The van der Waals surface area contributed by atoms with E-state index in [1.165, 1.54) is 6.08 Å². The van der Waals surface area contributed by atoms with Gasteiger partial charge in [0.2, 0.25) is 0 Å². The Morgan fingerprint density at radius 3 is 2.43 bits per heavy atom. The molecule has 8 bridgehead atoms. The van der Waals surface area contributed by atoms with Gasteiger partial charge < -0.3 is 45.6 Å². The first kappa shape index (κ1) is 46.0. The summed E-state index contributed by atoms with van der Waals surface area (Å²) in [5.41, 5.74) is 3.45. The summed E-state index contributed by atoms with van der Waals surface area (Å²) in [6.07, 6.45) is 0.0884. The number of aliphatic hydroxyl groups is 4. The highest BCUT2D eigenvalue weighted by Gasteiger charge is 2.49. The molecule has 0 spiro atoms. The van der Waals surface area contributed by atoms with E-state index in [0.29, 0.717) is 65.6 Å². The van der Waals surface area contributed by atoms with Crippen molar-refractivity contribution in [2.24, 2.45) is 11.8 Å². The van der Waals surface area contributed by atoms with Crippen LogP contribution in [0.25, 0.3) is 0 Å². The maximum atomic E-state index is 15.1. The van der Waals surface area contributed by atoms with Gasteiger partial charge in [0, 0.05) is 66.6 Å².